The van der Waals surface area contributed by atoms with E-state index in [4.69, 9.17) is 5.73 Å². The number of piperidine rings is 1. The van der Waals surface area contributed by atoms with Crippen LogP contribution in [0.2, 0.25) is 0 Å². The quantitative estimate of drug-likeness (QED) is 0.597. The van der Waals surface area contributed by atoms with Crippen LogP contribution in [0.15, 0.2) is 48.5 Å². The molecular formula is C23H26F3N3O3. The van der Waals surface area contributed by atoms with Crippen molar-refractivity contribution in [3.63, 3.8) is 0 Å². The number of Topliss-reactive ketones (excluding diaryl/α,β-unsaturated/α-hetero) is 1. The number of primary amides is 1. The summed E-state index contributed by atoms with van der Waals surface area (Å²) in [6.45, 7) is 4.91. The molecular weight excluding hydrogens is 423 g/mol. The molecule has 1 aliphatic heterocycles. The van der Waals surface area contributed by atoms with Crippen LogP contribution in [-0.2, 0) is 0 Å². The summed E-state index contributed by atoms with van der Waals surface area (Å²) >= 11 is 0. The number of ether oxygens (including phenoxy) is 1. The summed E-state index contributed by atoms with van der Waals surface area (Å²) in [5, 5.41) is 0. The average molecular weight is 449 g/mol. The molecule has 32 heavy (non-hydrogen) atoms. The van der Waals surface area contributed by atoms with Gasteiger partial charge in [-0.15, -0.1) is 13.2 Å². The molecule has 1 aliphatic rings. The van der Waals surface area contributed by atoms with E-state index in [1.54, 1.807) is 24.3 Å². The van der Waals surface area contributed by atoms with E-state index in [0.717, 1.165) is 55.9 Å². The van der Waals surface area contributed by atoms with Crippen LogP contribution < -0.4 is 15.4 Å². The molecule has 6 nitrogen and oxygen atoms in total. The Hall–Kier alpha value is -3.07. The Bertz CT molecular complexity index is 939. The summed E-state index contributed by atoms with van der Waals surface area (Å²) in [7, 11) is 0. The first kappa shape index (κ1) is 23.6. The lowest BCUT2D eigenvalue weighted by Gasteiger charge is -2.31. The molecule has 2 aromatic carbocycles. The van der Waals surface area contributed by atoms with E-state index in [0.29, 0.717) is 11.3 Å². The maximum Gasteiger partial charge on any atom is 0.573 e. The zero-order valence-electron chi connectivity index (χ0n) is 17.8. The van der Waals surface area contributed by atoms with E-state index in [1.807, 2.05) is 0 Å². The third kappa shape index (κ3) is 6.00. The maximum absolute atomic E-state index is 13.0. The Morgan fingerprint density at radius 1 is 1.09 bits per heavy atom. The Morgan fingerprint density at radius 3 is 2.31 bits per heavy atom. The van der Waals surface area contributed by atoms with Gasteiger partial charge in [-0.05, 0) is 75.3 Å². The van der Waals surface area contributed by atoms with Crippen LogP contribution in [0.4, 0.5) is 29.3 Å². The van der Waals surface area contributed by atoms with Gasteiger partial charge in [0.05, 0.1) is 11.4 Å². The summed E-state index contributed by atoms with van der Waals surface area (Å²) in [4.78, 5) is 28.7. The molecule has 0 radical (unpaired) electrons. The summed E-state index contributed by atoms with van der Waals surface area (Å²) in [6.07, 6.45) is -2.17. The Morgan fingerprint density at radius 2 is 1.75 bits per heavy atom. The second-order valence-electron chi connectivity index (χ2n) is 7.75. The lowest BCUT2D eigenvalue weighted by atomic mass is 9.88. The normalized spacial score (nSPS) is 15.4. The van der Waals surface area contributed by atoms with Crippen molar-refractivity contribution in [1.82, 2.24) is 4.90 Å². The van der Waals surface area contributed by atoms with Crippen LogP contribution in [0.5, 0.6) is 5.75 Å². The molecule has 3 rings (SSSR count). The molecule has 172 valence electrons. The third-order valence-corrected chi connectivity index (χ3v) is 5.44. The fourth-order valence-electron chi connectivity index (χ4n) is 3.97. The number of urea groups is 1. The monoisotopic (exact) mass is 449 g/mol. The number of hydrogen-bond acceptors (Lipinski definition) is 4. The van der Waals surface area contributed by atoms with Crippen molar-refractivity contribution in [3.05, 3.63) is 54.1 Å². The molecule has 1 fully saturated rings. The molecule has 0 unspecified atom stereocenters. The van der Waals surface area contributed by atoms with Gasteiger partial charge in [-0.3, -0.25) is 9.69 Å². The van der Waals surface area contributed by atoms with Gasteiger partial charge < -0.3 is 15.4 Å². The molecule has 9 heteroatoms. The second-order valence-corrected chi connectivity index (χ2v) is 7.75. The van der Waals surface area contributed by atoms with Gasteiger partial charge in [-0.25, -0.2) is 4.79 Å². The standard InChI is InChI=1S/C23H26F3N3O3/c1-2-12-28-13-10-16(11-14-28)21(30)17-4-3-5-19(15-17)29(22(27)31)18-6-8-20(9-7-18)32-23(24,25)26/h3-9,15-16H,2,10-14H2,1H3,(H2,27,31). The molecule has 2 amide bonds. The molecule has 0 bridgehead atoms. The maximum atomic E-state index is 13.0. The molecule has 2 aromatic rings. The van der Waals surface area contributed by atoms with Crippen molar-refractivity contribution >= 4 is 23.2 Å². The fraction of sp³-hybridized carbons (Fsp3) is 0.391. The van der Waals surface area contributed by atoms with Crippen LogP contribution in [0.25, 0.3) is 0 Å². The van der Waals surface area contributed by atoms with Crippen molar-refractivity contribution in [2.24, 2.45) is 11.7 Å². The second kappa shape index (κ2) is 10.0. The first-order chi connectivity index (χ1) is 15.2. The van der Waals surface area contributed by atoms with Crippen LogP contribution in [0.1, 0.15) is 36.5 Å². The summed E-state index contributed by atoms with van der Waals surface area (Å²) in [6, 6.07) is 10.5. The minimum atomic E-state index is -4.81. The first-order valence-electron chi connectivity index (χ1n) is 10.5. The van der Waals surface area contributed by atoms with Crippen molar-refractivity contribution in [2.45, 2.75) is 32.5 Å². The van der Waals surface area contributed by atoms with E-state index in [-0.39, 0.29) is 17.4 Å². The van der Waals surface area contributed by atoms with Crippen LogP contribution in [-0.4, -0.2) is 42.7 Å². The summed E-state index contributed by atoms with van der Waals surface area (Å²) in [5.41, 5.74) is 6.62. The van der Waals surface area contributed by atoms with Gasteiger partial charge in [-0.1, -0.05) is 19.1 Å². The van der Waals surface area contributed by atoms with Crippen LogP contribution >= 0.6 is 0 Å². The number of nitrogens with two attached hydrogens (primary N) is 1. The Kier molecular flexibility index (Phi) is 7.40. The number of nitrogens with zero attached hydrogens (tertiary/aromatic N) is 2. The molecule has 2 N–H and O–H groups in total. The van der Waals surface area contributed by atoms with E-state index >= 15 is 0 Å². The average Bonchev–Trinajstić information content (AvgIpc) is 2.74. The number of alkyl halides is 3. The van der Waals surface area contributed by atoms with Gasteiger partial charge >= 0.3 is 12.4 Å². The zero-order chi connectivity index (χ0) is 23.3. The predicted octanol–water partition coefficient (Wildman–Crippen LogP) is 5.11. The molecule has 0 spiro atoms. The fourth-order valence-corrected chi connectivity index (χ4v) is 3.97. The van der Waals surface area contributed by atoms with Crippen LogP contribution in [0, 0.1) is 5.92 Å². The third-order valence-electron chi connectivity index (χ3n) is 5.44. The summed E-state index contributed by atoms with van der Waals surface area (Å²) in [5.74, 6) is -0.482. The van der Waals surface area contributed by atoms with Gasteiger partial charge in [0.15, 0.2) is 5.78 Å². The molecule has 0 atom stereocenters. The molecule has 1 saturated heterocycles. The van der Waals surface area contributed by atoms with Crippen molar-refractivity contribution in [2.75, 3.05) is 24.5 Å². The molecule has 1 heterocycles. The number of ketones is 1. The van der Waals surface area contributed by atoms with Gasteiger partial charge in [0.1, 0.15) is 5.75 Å². The smallest absolute Gasteiger partial charge is 0.406 e. The highest BCUT2D eigenvalue weighted by molar-refractivity contribution is 6.02. The number of hydrogen-bond donors (Lipinski definition) is 1. The highest BCUT2D eigenvalue weighted by Crippen LogP contribution is 2.31. The number of rotatable bonds is 7. The van der Waals surface area contributed by atoms with Crippen molar-refractivity contribution in [3.8, 4) is 5.75 Å². The van der Waals surface area contributed by atoms with E-state index in [2.05, 4.69) is 16.6 Å². The SMILES string of the molecule is CCCN1CCC(C(=O)c2cccc(N(C(N)=O)c3ccc(OC(F)(F)F)cc3)c2)CC1. The topological polar surface area (TPSA) is 75.9 Å². The highest BCUT2D eigenvalue weighted by Gasteiger charge is 2.31. The number of benzene rings is 2. The van der Waals surface area contributed by atoms with Gasteiger partial charge in [0.2, 0.25) is 0 Å². The number of likely N-dealkylation sites (tertiary alicyclic amines) is 1. The number of halogens is 3. The summed E-state index contributed by atoms with van der Waals surface area (Å²) < 4.78 is 41.0. The number of carbonyl (C=O) groups excluding carboxylic acids is 2. The predicted molar refractivity (Wildman–Crippen MR) is 115 cm³/mol. The number of amides is 2. The van der Waals surface area contributed by atoms with E-state index < -0.39 is 18.1 Å². The van der Waals surface area contributed by atoms with E-state index in [9.17, 15) is 22.8 Å². The van der Waals surface area contributed by atoms with Crippen molar-refractivity contribution < 1.29 is 27.5 Å². The number of anilines is 2. The van der Waals surface area contributed by atoms with Crippen molar-refractivity contribution in [1.29, 1.82) is 0 Å². The lowest BCUT2D eigenvalue weighted by molar-refractivity contribution is -0.274. The Balaban J connectivity index is 1.78. The molecule has 0 aliphatic carbocycles. The van der Waals surface area contributed by atoms with Crippen LogP contribution in [0.3, 0.4) is 0 Å². The zero-order valence-corrected chi connectivity index (χ0v) is 17.8. The van der Waals surface area contributed by atoms with Gasteiger partial charge in [-0.2, -0.15) is 0 Å². The van der Waals surface area contributed by atoms with Gasteiger partial charge in [0, 0.05) is 11.5 Å². The van der Waals surface area contributed by atoms with E-state index in [1.165, 1.54) is 12.1 Å². The lowest BCUT2D eigenvalue weighted by Crippen LogP contribution is -2.36. The minimum Gasteiger partial charge on any atom is -0.406 e. The minimum absolute atomic E-state index is 0.0151. The first-order valence-corrected chi connectivity index (χ1v) is 10.5. The Labute approximate surface area is 184 Å². The van der Waals surface area contributed by atoms with Gasteiger partial charge in [0.25, 0.3) is 0 Å². The molecule has 0 saturated carbocycles. The highest BCUT2D eigenvalue weighted by atomic mass is 19.4. The number of carbonyl (C=O) groups is 2. The largest absolute Gasteiger partial charge is 0.573 e. The molecule has 0 aromatic heterocycles.